The molecule has 3 N–H and O–H groups in total. The smallest absolute Gasteiger partial charge is 0.410 e. The van der Waals surface area contributed by atoms with Crippen molar-refractivity contribution in [2.24, 2.45) is 5.73 Å². The number of hydrogen-bond acceptors (Lipinski definition) is 4. The summed E-state index contributed by atoms with van der Waals surface area (Å²) in [4.78, 5) is 13.2. The molecule has 5 nitrogen and oxygen atoms in total. The Bertz CT molecular complexity index is 236. The molecule has 1 fully saturated rings. The van der Waals surface area contributed by atoms with Gasteiger partial charge in [0.2, 0.25) is 0 Å². The monoisotopic (exact) mass is 216 g/mol. The maximum atomic E-state index is 11.6. The lowest BCUT2D eigenvalue weighted by Crippen LogP contribution is -2.52. The molecule has 0 atom stereocenters. The average molecular weight is 216 g/mol. The minimum atomic E-state index is -1.13. The van der Waals surface area contributed by atoms with Crippen molar-refractivity contribution >= 4 is 6.09 Å². The highest BCUT2D eigenvalue weighted by molar-refractivity contribution is 5.68. The molecular formula is C10H20N2O3. The van der Waals surface area contributed by atoms with E-state index in [0.29, 0.717) is 25.9 Å². The second-order valence-electron chi connectivity index (χ2n) is 5.07. The van der Waals surface area contributed by atoms with Gasteiger partial charge in [0.05, 0.1) is 0 Å². The molecule has 0 aliphatic carbocycles. The Hall–Kier alpha value is -0.810. The molecule has 0 spiro atoms. The first-order chi connectivity index (χ1) is 6.70. The van der Waals surface area contributed by atoms with Gasteiger partial charge in [-0.15, -0.1) is 0 Å². The molecule has 0 aromatic rings. The zero-order valence-electron chi connectivity index (χ0n) is 9.62. The van der Waals surface area contributed by atoms with Crippen molar-refractivity contribution in [3.63, 3.8) is 0 Å². The third-order valence-corrected chi connectivity index (χ3v) is 2.28. The summed E-state index contributed by atoms with van der Waals surface area (Å²) >= 11 is 0. The highest BCUT2D eigenvalue weighted by Crippen LogP contribution is 2.18. The largest absolute Gasteiger partial charge is 0.444 e. The standard InChI is InChI=1S/C10H20N2O3/c1-9(2,3)15-8(13)12-6-4-10(11,14)5-7-12/h14H,4-7,11H2,1-3H3. The topological polar surface area (TPSA) is 75.8 Å². The van der Waals surface area contributed by atoms with Gasteiger partial charge in [-0.3, -0.25) is 0 Å². The van der Waals surface area contributed by atoms with Crippen LogP contribution in [0.1, 0.15) is 33.6 Å². The van der Waals surface area contributed by atoms with Crippen molar-refractivity contribution < 1.29 is 14.6 Å². The molecule has 88 valence electrons. The van der Waals surface area contributed by atoms with Gasteiger partial charge in [0, 0.05) is 25.9 Å². The van der Waals surface area contributed by atoms with Crippen LogP contribution in [0.4, 0.5) is 4.79 Å². The molecule has 1 heterocycles. The number of hydrogen-bond donors (Lipinski definition) is 2. The summed E-state index contributed by atoms with van der Waals surface area (Å²) < 4.78 is 5.21. The number of amides is 1. The van der Waals surface area contributed by atoms with Gasteiger partial charge >= 0.3 is 6.09 Å². The number of carbonyl (C=O) groups is 1. The molecular weight excluding hydrogens is 196 g/mol. The van der Waals surface area contributed by atoms with Crippen LogP contribution in [0.5, 0.6) is 0 Å². The fourth-order valence-electron chi connectivity index (χ4n) is 1.40. The van der Waals surface area contributed by atoms with E-state index in [0.717, 1.165) is 0 Å². The van der Waals surface area contributed by atoms with Gasteiger partial charge < -0.3 is 20.5 Å². The molecule has 1 aliphatic heterocycles. The van der Waals surface area contributed by atoms with E-state index < -0.39 is 11.3 Å². The van der Waals surface area contributed by atoms with Gasteiger partial charge in [0.25, 0.3) is 0 Å². The molecule has 5 heteroatoms. The first-order valence-electron chi connectivity index (χ1n) is 5.19. The van der Waals surface area contributed by atoms with Crippen molar-refractivity contribution in [3.8, 4) is 0 Å². The molecule has 0 bridgehead atoms. The number of nitrogens with zero attached hydrogens (tertiary/aromatic N) is 1. The Balaban J connectivity index is 2.44. The van der Waals surface area contributed by atoms with Crippen molar-refractivity contribution in [1.29, 1.82) is 0 Å². The maximum absolute atomic E-state index is 11.6. The molecule has 1 aliphatic rings. The summed E-state index contributed by atoms with van der Waals surface area (Å²) in [6.07, 6.45) is 0.455. The van der Waals surface area contributed by atoms with Gasteiger partial charge in [0.1, 0.15) is 11.3 Å². The fraction of sp³-hybridized carbons (Fsp3) is 0.900. The second kappa shape index (κ2) is 3.98. The van der Waals surface area contributed by atoms with Gasteiger partial charge in [-0.25, -0.2) is 4.79 Å². The van der Waals surface area contributed by atoms with Crippen LogP contribution in [0.2, 0.25) is 0 Å². The van der Waals surface area contributed by atoms with E-state index in [-0.39, 0.29) is 6.09 Å². The summed E-state index contributed by atoms with van der Waals surface area (Å²) in [6.45, 7) is 6.38. The lowest BCUT2D eigenvalue weighted by molar-refractivity contribution is -0.0281. The Morgan fingerprint density at radius 1 is 1.40 bits per heavy atom. The van der Waals surface area contributed by atoms with Crippen molar-refractivity contribution in [3.05, 3.63) is 0 Å². The van der Waals surface area contributed by atoms with Crippen LogP contribution in [0, 0.1) is 0 Å². The number of rotatable bonds is 0. The molecule has 0 aromatic heterocycles. The first-order valence-corrected chi connectivity index (χ1v) is 5.19. The molecule has 1 amide bonds. The van der Waals surface area contributed by atoms with Crippen molar-refractivity contribution in [2.45, 2.75) is 44.9 Å². The molecule has 1 saturated heterocycles. The lowest BCUT2D eigenvalue weighted by atomic mass is 10.0. The summed E-state index contributed by atoms with van der Waals surface area (Å²) in [5.74, 6) is 0. The van der Waals surface area contributed by atoms with Gasteiger partial charge in [-0.1, -0.05) is 0 Å². The van der Waals surface area contributed by atoms with Gasteiger partial charge in [0.15, 0.2) is 0 Å². The molecule has 0 saturated carbocycles. The third kappa shape index (κ3) is 4.05. The van der Waals surface area contributed by atoms with Crippen LogP contribution in [0.25, 0.3) is 0 Å². The van der Waals surface area contributed by atoms with E-state index in [1.165, 1.54) is 0 Å². The molecule has 0 unspecified atom stereocenters. The summed E-state index contributed by atoms with van der Waals surface area (Å²) in [7, 11) is 0. The Labute approximate surface area is 90.2 Å². The van der Waals surface area contributed by atoms with Crippen molar-refractivity contribution in [1.82, 2.24) is 4.90 Å². The first kappa shape index (κ1) is 12.3. The molecule has 0 aromatic carbocycles. The van der Waals surface area contributed by atoms with E-state index in [1.807, 2.05) is 20.8 Å². The minimum Gasteiger partial charge on any atom is -0.444 e. The van der Waals surface area contributed by atoms with Gasteiger partial charge in [-0.2, -0.15) is 0 Å². The highest BCUT2D eigenvalue weighted by atomic mass is 16.6. The van der Waals surface area contributed by atoms with E-state index in [9.17, 15) is 9.90 Å². The molecule has 15 heavy (non-hydrogen) atoms. The SMILES string of the molecule is CC(C)(C)OC(=O)N1CCC(N)(O)CC1. The second-order valence-corrected chi connectivity index (χ2v) is 5.07. The highest BCUT2D eigenvalue weighted by Gasteiger charge is 2.32. The van der Waals surface area contributed by atoms with E-state index in [4.69, 9.17) is 10.5 Å². The summed E-state index contributed by atoms with van der Waals surface area (Å²) in [6, 6.07) is 0. The quantitative estimate of drug-likeness (QED) is 0.583. The predicted molar refractivity (Wildman–Crippen MR) is 56.2 cm³/mol. The van der Waals surface area contributed by atoms with Crippen LogP contribution in [0.15, 0.2) is 0 Å². The number of aliphatic hydroxyl groups is 1. The zero-order chi connectivity index (χ0) is 11.7. The number of nitrogens with two attached hydrogens (primary N) is 1. The summed E-state index contributed by atoms with van der Waals surface area (Å²) in [5, 5.41) is 9.51. The number of piperidine rings is 1. The number of likely N-dealkylation sites (tertiary alicyclic amines) is 1. The summed E-state index contributed by atoms with van der Waals surface area (Å²) in [5.41, 5.74) is 3.94. The number of ether oxygens (including phenoxy) is 1. The Kier molecular flexibility index (Phi) is 3.25. The molecule has 0 radical (unpaired) electrons. The van der Waals surface area contributed by atoms with Crippen LogP contribution in [0.3, 0.4) is 0 Å². The van der Waals surface area contributed by atoms with E-state index in [2.05, 4.69) is 0 Å². The van der Waals surface area contributed by atoms with E-state index in [1.54, 1.807) is 4.90 Å². The fourth-order valence-corrected chi connectivity index (χ4v) is 1.40. The minimum absolute atomic E-state index is 0.335. The zero-order valence-corrected chi connectivity index (χ0v) is 9.62. The van der Waals surface area contributed by atoms with Gasteiger partial charge in [-0.05, 0) is 20.8 Å². The Morgan fingerprint density at radius 3 is 2.27 bits per heavy atom. The van der Waals surface area contributed by atoms with Crippen molar-refractivity contribution in [2.75, 3.05) is 13.1 Å². The predicted octanol–water partition coefficient (Wildman–Crippen LogP) is 0.665. The normalized spacial score (nSPS) is 21.3. The maximum Gasteiger partial charge on any atom is 0.410 e. The van der Waals surface area contributed by atoms with Crippen LogP contribution in [-0.4, -0.2) is 40.5 Å². The van der Waals surface area contributed by atoms with Crippen LogP contribution >= 0.6 is 0 Å². The Morgan fingerprint density at radius 2 is 1.87 bits per heavy atom. The number of carbonyl (C=O) groups excluding carboxylic acids is 1. The molecule has 1 rings (SSSR count). The van der Waals surface area contributed by atoms with Crippen LogP contribution in [-0.2, 0) is 4.74 Å². The average Bonchev–Trinajstić information content (AvgIpc) is 2.00. The van der Waals surface area contributed by atoms with E-state index >= 15 is 0 Å². The third-order valence-electron chi connectivity index (χ3n) is 2.28. The van der Waals surface area contributed by atoms with Crippen LogP contribution < -0.4 is 5.73 Å². The lowest BCUT2D eigenvalue weighted by Gasteiger charge is -2.36.